The van der Waals surface area contributed by atoms with Gasteiger partial charge < -0.3 is 4.74 Å². The van der Waals surface area contributed by atoms with Gasteiger partial charge in [0.1, 0.15) is 5.75 Å². The van der Waals surface area contributed by atoms with Crippen molar-refractivity contribution in [3.05, 3.63) is 58.6 Å². The van der Waals surface area contributed by atoms with Crippen LogP contribution in [0, 0.1) is 0 Å². The molecule has 0 fully saturated rings. The molecule has 0 spiro atoms. The lowest BCUT2D eigenvalue weighted by atomic mass is 10.2. The van der Waals surface area contributed by atoms with Gasteiger partial charge in [-0.05, 0) is 42.0 Å². The average Bonchev–Trinajstić information content (AvgIpc) is 2.48. The van der Waals surface area contributed by atoms with Gasteiger partial charge in [-0.15, -0.1) is 0 Å². The molecule has 4 nitrogen and oxygen atoms in total. The van der Waals surface area contributed by atoms with Crippen molar-refractivity contribution < 1.29 is 13.2 Å². The van der Waals surface area contributed by atoms with Crippen molar-refractivity contribution >= 4 is 26.0 Å². The second kappa shape index (κ2) is 6.60. The zero-order chi connectivity index (χ0) is 15.5. The molecule has 6 heteroatoms. The summed E-state index contributed by atoms with van der Waals surface area (Å²) in [5, 5.41) is 0. The molecule has 2 aromatic carbocycles. The molecule has 0 aromatic heterocycles. The largest absolute Gasteiger partial charge is 0.497 e. The van der Waals surface area contributed by atoms with E-state index < -0.39 is 10.0 Å². The van der Waals surface area contributed by atoms with E-state index in [1.807, 2.05) is 24.3 Å². The van der Waals surface area contributed by atoms with E-state index in [4.69, 9.17) is 4.74 Å². The molecule has 0 aliphatic rings. The van der Waals surface area contributed by atoms with Gasteiger partial charge >= 0.3 is 0 Å². The van der Waals surface area contributed by atoms with Gasteiger partial charge in [-0.1, -0.05) is 28.1 Å². The summed E-state index contributed by atoms with van der Waals surface area (Å²) in [7, 11) is -0.351. The van der Waals surface area contributed by atoms with Crippen molar-refractivity contribution in [2.45, 2.75) is 11.4 Å². The minimum absolute atomic E-state index is 0.274. The number of nitrogens with zero attached hydrogens (tertiary/aromatic N) is 1. The molecule has 0 atom stereocenters. The van der Waals surface area contributed by atoms with Crippen LogP contribution in [0.25, 0.3) is 0 Å². The molecule has 0 saturated carbocycles. The highest BCUT2D eigenvalue weighted by atomic mass is 79.9. The van der Waals surface area contributed by atoms with E-state index in [0.29, 0.717) is 5.75 Å². The lowest BCUT2D eigenvalue weighted by Crippen LogP contribution is -2.26. The summed E-state index contributed by atoms with van der Waals surface area (Å²) in [5.74, 6) is 0.710. The zero-order valence-electron chi connectivity index (χ0n) is 11.8. The number of halogens is 1. The van der Waals surface area contributed by atoms with Crippen molar-refractivity contribution in [2.24, 2.45) is 0 Å². The number of hydrogen-bond acceptors (Lipinski definition) is 3. The van der Waals surface area contributed by atoms with Gasteiger partial charge in [0.05, 0.1) is 12.0 Å². The first kappa shape index (κ1) is 16.0. The minimum Gasteiger partial charge on any atom is -0.497 e. The summed E-state index contributed by atoms with van der Waals surface area (Å²) < 4.78 is 32.3. The summed E-state index contributed by atoms with van der Waals surface area (Å²) in [6.45, 7) is 0.287. The van der Waals surface area contributed by atoms with Crippen LogP contribution in [0.4, 0.5) is 0 Å². The topological polar surface area (TPSA) is 46.6 Å². The first-order valence-electron chi connectivity index (χ1n) is 6.28. The maximum absolute atomic E-state index is 12.5. The molecule has 2 rings (SSSR count). The summed E-state index contributed by atoms with van der Waals surface area (Å²) in [6.07, 6.45) is 0. The summed E-state index contributed by atoms with van der Waals surface area (Å²) >= 11 is 3.30. The van der Waals surface area contributed by atoms with Gasteiger partial charge in [-0.2, -0.15) is 4.31 Å². The maximum Gasteiger partial charge on any atom is 0.243 e. The van der Waals surface area contributed by atoms with Crippen molar-refractivity contribution in [3.63, 3.8) is 0 Å². The van der Waals surface area contributed by atoms with Crippen molar-refractivity contribution in [1.29, 1.82) is 0 Å². The molecule has 0 unspecified atom stereocenters. The first-order valence-corrected chi connectivity index (χ1v) is 8.51. The van der Waals surface area contributed by atoms with E-state index in [9.17, 15) is 8.42 Å². The van der Waals surface area contributed by atoms with Crippen molar-refractivity contribution in [2.75, 3.05) is 14.2 Å². The third-order valence-electron chi connectivity index (χ3n) is 3.06. The van der Waals surface area contributed by atoms with Gasteiger partial charge in [0.15, 0.2) is 0 Å². The minimum atomic E-state index is -3.50. The predicted molar refractivity (Wildman–Crippen MR) is 85.8 cm³/mol. The van der Waals surface area contributed by atoms with Crippen LogP contribution in [0.15, 0.2) is 57.9 Å². The summed E-state index contributed by atoms with van der Waals surface area (Å²) in [6, 6.07) is 14.0. The molecule has 112 valence electrons. The summed E-state index contributed by atoms with van der Waals surface area (Å²) in [4.78, 5) is 0.274. The van der Waals surface area contributed by atoms with Gasteiger partial charge in [-0.3, -0.25) is 0 Å². The lowest BCUT2D eigenvalue weighted by Gasteiger charge is -2.17. The van der Waals surface area contributed by atoms with Gasteiger partial charge in [-0.25, -0.2) is 8.42 Å². The van der Waals surface area contributed by atoms with Gasteiger partial charge in [0.2, 0.25) is 10.0 Å². The molecule has 0 bridgehead atoms. The highest BCUT2D eigenvalue weighted by Crippen LogP contribution is 2.20. The molecule has 0 heterocycles. The third kappa shape index (κ3) is 3.84. The fourth-order valence-electron chi connectivity index (χ4n) is 1.90. The highest BCUT2D eigenvalue weighted by molar-refractivity contribution is 9.10. The maximum atomic E-state index is 12.5. The molecule has 2 aromatic rings. The SMILES string of the molecule is COc1cccc(CN(C)S(=O)(=O)c2ccc(Br)cc2)c1. The fraction of sp³-hybridized carbons (Fsp3) is 0.200. The Kier molecular flexibility index (Phi) is 5.03. The van der Waals surface area contributed by atoms with Crippen LogP contribution in [0.2, 0.25) is 0 Å². The van der Waals surface area contributed by atoms with Crippen molar-refractivity contribution in [1.82, 2.24) is 4.31 Å². The number of benzene rings is 2. The zero-order valence-corrected chi connectivity index (χ0v) is 14.2. The fourth-order valence-corrected chi connectivity index (χ4v) is 3.32. The Morgan fingerprint density at radius 2 is 1.81 bits per heavy atom. The van der Waals surface area contributed by atoms with Gasteiger partial charge in [0.25, 0.3) is 0 Å². The molecule has 0 N–H and O–H groups in total. The average molecular weight is 370 g/mol. The number of ether oxygens (including phenoxy) is 1. The molecule has 0 aliphatic carbocycles. The molecule has 0 aliphatic heterocycles. The van der Waals surface area contributed by atoms with Gasteiger partial charge in [0, 0.05) is 18.1 Å². The Hall–Kier alpha value is -1.37. The number of rotatable bonds is 5. The van der Waals surface area contributed by atoms with Crippen LogP contribution in [-0.4, -0.2) is 26.9 Å². The van der Waals surface area contributed by atoms with E-state index in [1.165, 1.54) is 4.31 Å². The normalized spacial score (nSPS) is 11.6. The molecule has 21 heavy (non-hydrogen) atoms. The Balaban J connectivity index is 2.22. The quantitative estimate of drug-likeness (QED) is 0.812. The van der Waals surface area contributed by atoms with Crippen LogP contribution in [0.5, 0.6) is 5.75 Å². The molecule has 0 amide bonds. The number of methoxy groups -OCH3 is 1. The Morgan fingerprint density at radius 1 is 1.14 bits per heavy atom. The van der Waals surface area contributed by atoms with E-state index in [1.54, 1.807) is 38.4 Å². The monoisotopic (exact) mass is 369 g/mol. The highest BCUT2D eigenvalue weighted by Gasteiger charge is 2.20. The number of sulfonamides is 1. The summed E-state index contributed by atoms with van der Waals surface area (Å²) in [5.41, 5.74) is 0.873. The molecular weight excluding hydrogens is 354 g/mol. The van der Waals surface area contributed by atoms with E-state index in [0.717, 1.165) is 10.0 Å². The smallest absolute Gasteiger partial charge is 0.243 e. The Labute approximate surface area is 133 Å². The first-order chi connectivity index (χ1) is 9.93. The standard InChI is InChI=1S/C15H16BrNO3S/c1-17(11-12-4-3-5-14(10-12)20-2)21(18,19)15-8-6-13(16)7-9-15/h3-10H,11H2,1-2H3. The second-order valence-corrected chi connectivity index (χ2v) is 7.53. The van der Waals surface area contributed by atoms with Crippen molar-refractivity contribution in [3.8, 4) is 5.75 Å². The van der Waals surface area contributed by atoms with Crippen LogP contribution in [-0.2, 0) is 16.6 Å². The van der Waals surface area contributed by atoms with Crippen LogP contribution < -0.4 is 4.74 Å². The lowest BCUT2D eigenvalue weighted by molar-refractivity contribution is 0.412. The molecular formula is C15H16BrNO3S. The molecule has 0 radical (unpaired) electrons. The Bertz CT molecular complexity index is 714. The van der Waals surface area contributed by atoms with Crippen LogP contribution >= 0.6 is 15.9 Å². The third-order valence-corrected chi connectivity index (χ3v) is 5.41. The second-order valence-electron chi connectivity index (χ2n) is 4.57. The van der Waals surface area contributed by atoms with E-state index >= 15 is 0 Å². The van der Waals surface area contributed by atoms with Crippen LogP contribution in [0.3, 0.4) is 0 Å². The van der Waals surface area contributed by atoms with E-state index in [2.05, 4.69) is 15.9 Å². The van der Waals surface area contributed by atoms with Crippen LogP contribution in [0.1, 0.15) is 5.56 Å². The van der Waals surface area contributed by atoms with E-state index in [-0.39, 0.29) is 11.4 Å². The number of hydrogen-bond donors (Lipinski definition) is 0. The molecule has 0 saturated heterocycles. The predicted octanol–water partition coefficient (Wildman–Crippen LogP) is 3.28. The Morgan fingerprint density at radius 3 is 2.43 bits per heavy atom.